The largest absolute Gasteiger partial charge is 0.477 e. The number of nitrogens with one attached hydrogen (secondary N) is 2. The molecular formula is C35H38N6O5. The zero-order chi connectivity index (χ0) is 32.0. The van der Waals surface area contributed by atoms with E-state index < -0.39 is 11.5 Å². The summed E-state index contributed by atoms with van der Waals surface area (Å²) in [6.45, 7) is 1.29. The van der Waals surface area contributed by atoms with E-state index in [9.17, 15) is 19.5 Å². The van der Waals surface area contributed by atoms with Crippen LogP contribution in [0, 0.1) is 0 Å². The lowest BCUT2D eigenvalue weighted by molar-refractivity contribution is -0.123. The van der Waals surface area contributed by atoms with Gasteiger partial charge < -0.3 is 34.2 Å². The lowest BCUT2D eigenvalue weighted by Crippen LogP contribution is -2.61. The molecule has 0 bridgehead atoms. The minimum Gasteiger partial charge on any atom is -0.477 e. The van der Waals surface area contributed by atoms with Gasteiger partial charge >= 0.3 is 5.97 Å². The first-order valence-electron chi connectivity index (χ1n) is 15.9. The van der Waals surface area contributed by atoms with E-state index in [1.54, 1.807) is 48.4 Å². The van der Waals surface area contributed by atoms with Crippen LogP contribution in [0.4, 0.5) is 5.69 Å². The number of imidazole rings is 1. The lowest BCUT2D eigenvalue weighted by Gasteiger charge is -2.40. The van der Waals surface area contributed by atoms with Crippen LogP contribution in [0.5, 0.6) is 0 Å². The molecule has 238 valence electrons. The molecule has 0 atom stereocenters. The number of likely N-dealkylation sites (tertiary alicyclic amines) is 1. The maximum atomic E-state index is 14.0. The Balaban J connectivity index is 1.18. The van der Waals surface area contributed by atoms with Crippen molar-refractivity contribution in [2.24, 2.45) is 7.05 Å². The van der Waals surface area contributed by atoms with Crippen molar-refractivity contribution < 1.29 is 23.9 Å². The van der Waals surface area contributed by atoms with E-state index in [2.05, 4.69) is 20.1 Å². The zero-order valence-electron chi connectivity index (χ0n) is 26.1. The summed E-state index contributed by atoms with van der Waals surface area (Å²) >= 11 is 0. The highest BCUT2D eigenvalue weighted by atomic mass is 16.4. The van der Waals surface area contributed by atoms with Crippen LogP contribution in [0.1, 0.15) is 71.8 Å². The lowest BCUT2D eigenvalue weighted by atomic mass is 9.86. The van der Waals surface area contributed by atoms with E-state index in [1.807, 2.05) is 31.3 Å². The maximum absolute atomic E-state index is 14.0. The minimum atomic E-state index is -1.13. The number of nitrogens with zero attached hydrogens (tertiary/aromatic N) is 4. The molecule has 2 fully saturated rings. The van der Waals surface area contributed by atoms with Crippen molar-refractivity contribution in [1.82, 2.24) is 24.3 Å². The third-order valence-electron chi connectivity index (χ3n) is 9.82. The standard InChI is InChI=1S/C35H38N6O5/c1-39-15-13-35(14-16-39,34(45)36-25-9-11-28-24(18-25)20-30(33(43)44)40(28)2)38-32(42)22-8-10-29-27(19-22)37-31(23-12-17-46-21-23)41(29)26-6-4-3-5-7-26/h8-12,17-21,26H,3-7,13-16H2,1-2H3,(H,36,45)(H,38,42)(H,43,44). The average molecular weight is 623 g/mol. The molecule has 1 aliphatic carbocycles. The van der Waals surface area contributed by atoms with E-state index in [1.165, 1.54) is 19.3 Å². The number of anilines is 1. The average Bonchev–Trinajstić information content (AvgIpc) is 3.80. The number of furan rings is 1. The summed E-state index contributed by atoms with van der Waals surface area (Å²) in [5.41, 5.74) is 3.38. The summed E-state index contributed by atoms with van der Waals surface area (Å²) < 4.78 is 9.30. The highest BCUT2D eigenvalue weighted by Gasteiger charge is 2.42. The minimum absolute atomic E-state index is 0.162. The number of amides is 2. The number of carbonyl (C=O) groups is 3. The van der Waals surface area contributed by atoms with Crippen LogP contribution < -0.4 is 10.6 Å². The summed E-state index contributed by atoms with van der Waals surface area (Å²) in [5, 5.41) is 16.4. The van der Waals surface area contributed by atoms with Crippen LogP contribution in [-0.4, -0.2) is 67.6 Å². The van der Waals surface area contributed by atoms with Crippen molar-refractivity contribution in [2.45, 2.75) is 56.5 Å². The molecule has 0 spiro atoms. The fourth-order valence-electron chi connectivity index (χ4n) is 7.13. The quantitative estimate of drug-likeness (QED) is 0.208. The molecule has 1 saturated heterocycles. The van der Waals surface area contributed by atoms with Gasteiger partial charge in [-0.3, -0.25) is 9.59 Å². The predicted molar refractivity (Wildman–Crippen MR) is 175 cm³/mol. The highest BCUT2D eigenvalue weighted by Crippen LogP contribution is 2.36. The van der Waals surface area contributed by atoms with E-state index in [4.69, 9.17) is 9.40 Å². The molecule has 11 heteroatoms. The topological polar surface area (TPSA) is 135 Å². The van der Waals surface area contributed by atoms with E-state index >= 15 is 0 Å². The molecule has 3 N–H and O–H groups in total. The summed E-state index contributed by atoms with van der Waals surface area (Å²) in [5.74, 6) is -0.810. The van der Waals surface area contributed by atoms with Gasteiger partial charge in [-0.25, -0.2) is 9.78 Å². The molecule has 0 unspecified atom stereocenters. The van der Waals surface area contributed by atoms with Crippen molar-refractivity contribution >= 4 is 45.4 Å². The molecule has 2 aromatic carbocycles. The third-order valence-corrected chi connectivity index (χ3v) is 9.82. The number of fused-ring (bicyclic) bond motifs is 2. The van der Waals surface area contributed by atoms with Gasteiger partial charge in [-0.15, -0.1) is 0 Å². The van der Waals surface area contributed by atoms with Crippen LogP contribution in [0.2, 0.25) is 0 Å². The normalized spacial score (nSPS) is 17.3. The Kier molecular flexibility index (Phi) is 7.64. The van der Waals surface area contributed by atoms with Gasteiger partial charge in [0.25, 0.3) is 5.91 Å². The van der Waals surface area contributed by atoms with Crippen molar-refractivity contribution in [2.75, 3.05) is 25.5 Å². The Labute approximate surface area is 266 Å². The Morgan fingerprint density at radius 1 is 0.957 bits per heavy atom. The number of carboxylic acids is 1. The molecule has 46 heavy (non-hydrogen) atoms. The van der Waals surface area contributed by atoms with Crippen molar-refractivity contribution in [3.8, 4) is 11.4 Å². The third kappa shape index (κ3) is 5.34. The number of aryl methyl sites for hydroxylation is 1. The molecule has 4 heterocycles. The van der Waals surface area contributed by atoms with Crippen molar-refractivity contribution in [3.05, 3.63) is 72.3 Å². The molecule has 11 nitrogen and oxygen atoms in total. The first-order valence-corrected chi connectivity index (χ1v) is 15.9. The molecular weight excluding hydrogens is 584 g/mol. The molecule has 5 aromatic rings. The smallest absolute Gasteiger partial charge is 0.352 e. The fourth-order valence-corrected chi connectivity index (χ4v) is 7.13. The van der Waals surface area contributed by atoms with E-state index in [-0.39, 0.29) is 17.5 Å². The predicted octanol–water partition coefficient (Wildman–Crippen LogP) is 5.82. The number of aromatic nitrogens is 3. The number of hydrogen-bond acceptors (Lipinski definition) is 6. The number of hydrogen-bond donors (Lipinski definition) is 3. The molecule has 1 aliphatic heterocycles. The van der Waals surface area contributed by atoms with E-state index in [0.29, 0.717) is 48.6 Å². The molecule has 2 aliphatic rings. The summed E-state index contributed by atoms with van der Waals surface area (Å²) in [6.07, 6.45) is 10.0. The van der Waals surface area contributed by atoms with Crippen LogP contribution >= 0.6 is 0 Å². The van der Waals surface area contributed by atoms with Gasteiger partial charge in [0.15, 0.2) is 0 Å². The monoisotopic (exact) mass is 622 g/mol. The van der Waals surface area contributed by atoms with Gasteiger partial charge in [-0.2, -0.15) is 0 Å². The van der Waals surface area contributed by atoms with Crippen LogP contribution in [-0.2, 0) is 11.8 Å². The molecule has 7 rings (SSSR count). The highest BCUT2D eigenvalue weighted by molar-refractivity contribution is 6.06. The number of rotatable bonds is 7. The van der Waals surface area contributed by atoms with Gasteiger partial charge in [0.2, 0.25) is 5.91 Å². The van der Waals surface area contributed by atoms with Crippen molar-refractivity contribution in [1.29, 1.82) is 0 Å². The number of carboxylic acid groups (broad SMARTS) is 1. The Bertz CT molecular complexity index is 1940. The first-order chi connectivity index (χ1) is 22.2. The van der Waals surface area contributed by atoms with Gasteiger partial charge in [0, 0.05) is 48.3 Å². The van der Waals surface area contributed by atoms with Crippen LogP contribution in [0.15, 0.2) is 65.5 Å². The summed E-state index contributed by atoms with van der Waals surface area (Å²) in [4.78, 5) is 46.6. The van der Waals surface area contributed by atoms with Gasteiger partial charge in [-0.1, -0.05) is 19.3 Å². The summed E-state index contributed by atoms with van der Waals surface area (Å²) in [6, 6.07) is 14.7. The Morgan fingerprint density at radius 2 is 1.72 bits per heavy atom. The number of aromatic carboxylic acids is 1. The molecule has 0 radical (unpaired) electrons. The second-order valence-electron chi connectivity index (χ2n) is 12.8. The Morgan fingerprint density at radius 3 is 2.43 bits per heavy atom. The maximum Gasteiger partial charge on any atom is 0.352 e. The molecule has 1 saturated carbocycles. The molecule has 2 amide bonds. The number of carbonyl (C=O) groups excluding carboxylic acids is 2. The van der Waals surface area contributed by atoms with Gasteiger partial charge in [-0.05, 0) is 81.3 Å². The first kappa shape index (κ1) is 29.8. The van der Waals surface area contributed by atoms with E-state index in [0.717, 1.165) is 40.8 Å². The Hall–Kier alpha value is -4.90. The van der Waals surface area contributed by atoms with Crippen LogP contribution in [0.25, 0.3) is 33.3 Å². The van der Waals surface area contributed by atoms with Gasteiger partial charge in [0.1, 0.15) is 23.3 Å². The fraction of sp³-hybridized carbons (Fsp3) is 0.371. The second-order valence-corrected chi connectivity index (χ2v) is 12.8. The zero-order valence-corrected chi connectivity index (χ0v) is 26.1. The van der Waals surface area contributed by atoms with Crippen molar-refractivity contribution in [3.63, 3.8) is 0 Å². The van der Waals surface area contributed by atoms with Crippen LogP contribution in [0.3, 0.4) is 0 Å². The van der Waals surface area contributed by atoms with Gasteiger partial charge in [0.05, 0.1) is 22.9 Å². The number of piperidine rings is 1. The second kappa shape index (κ2) is 11.8. The molecule has 3 aromatic heterocycles. The SMILES string of the molecule is CN1CCC(NC(=O)c2ccc3c(c2)nc(-c2ccoc2)n3C2CCCCC2)(C(=O)Nc2ccc3c(c2)cc(C(=O)O)n3C)CC1. The number of benzene rings is 2. The summed E-state index contributed by atoms with van der Waals surface area (Å²) in [7, 11) is 3.70.